The summed E-state index contributed by atoms with van der Waals surface area (Å²) in [6.07, 6.45) is -0.0202. The maximum Gasteiger partial charge on any atom is 0.294 e. The van der Waals surface area contributed by atoms with E-state index in [9.17, 15) is 38.9 Å². The predicted molar refractivity (Wildman–Crippen MR) is 112 cm³/mol. The van der Waals surface area contributed by atoms with Crippen LogP contribution in [0.4, 0.5) is 5.69 Å². The summed E-state index contributed by atoms with van der Waals surface area (Å²) in [6.45, 7) is 3.28. The van der Waals surface area contributed by atoms with Gasteiger partial charge in [-0.15, -0.1) is 0 Å². The van der Waals surface area contributed by atoms with Gasteiger partial charge in [0.1, 0.15) is 6.54 Å². The van der Waals surface area contributed by atoms with Gasteiger partial charge in [-0.3, -0.25) is 9.11 Å². The smallest absolute Gasteiger partial charge is 0.294 e. The fourth-order valence-corrected chi connectivity index (χ4v) is 6.21. The first-order valence-corrected chi connectivity index (χ1v) is 13.7. The third kappa shape index (κ3) is 4.81. The lowest BCUT2D eigenvalue weighted by Gasteiger charge is -2.22. The Morgan fingerprint density at radius 2 is 1.65 bits per heavy atom. The van der Waals surface area contributed by atoms with Crippen LogP contribution < -0.4 is 0 Å². The first-order chi connectivity index (χ1) is 14.0. The Morgan fingerprint density at radius 3 is 2.19 bits per heavy atom. The normalized spacial score (nSPS) is 19.8. The van der Waals surface area contributed by atoms with Crippen molar-refractivity contribution in [1.29, 1.82) is 0 Å². The molecule has 1 aliphatic rings. The maximum atomic E-state index is 11.8. The van der Waals surface area contributed by atoms with Gasteiger partial charge >= 0.3 is 0 Å². The van der Waals surface area contributed by atoms with E-state index in [1.807, 2.05) is 0 Å². The van der Waals surface area contributed by atoms with Gasteiger partial charge in [-0.25, -0.2) is 8.42 Å². The SMILES string of the molecule is CC1=[N+](CCCS(=O)(=O)[O-])c2ccc3ccc(S(=O)(=O)O)cc3c2C1(C)CS(=O)(=O)O. The van der Waals surface area contributed by atoms with Crippen molar-refractivity contribution in [3.05, 3.63) is 35.9 Å². The Balaban J connectivity index is 2.28. The number of hydrogen-bond acceptors (Lipinski definition) is 7. The molecule has 2 aromatic carbocycles. The molecule has 1 heterocycles. The van der Waals surface area contributed by atoms with Gasteiger partial charge in [-0.05, 0) is 35.9 Å². The number of fused-ring (bicyclic) bond motifs is 3. The molecule has 0 fully saturated rings. The maximum absolute atomic E-state index is 11.8. The average molecular weight is 492 g/mol. The van der Waals surface area contributed by atoms with Crippen LogP contribution in [0.2, 0.25) is 0 Å². The molecule has 31 heavy (non-hydrogen) atoms. The Labute approximate surface area is 180 Å². The first-order valence-electron chi connectivity index (χ1n) is 9.08. The van der Waals surface area contributed by atoms with Crippen molar-refractivity contribution in [2.45, 2.75) is 30.6 Å². The molecule has 0 aliphatic carbocycles. The molecular weight excluding hydrogens is 470 g/mol. The van der Waals surface area contributed by atoms with E-state index in [2.05, 4.69) is 0 Å². The highest BCUT2D eigenvalue weighted by molar-refractivity contribution is 7.86. The molecule has 0 radical (unpaired) electrons. The Hall–Kier alpha value is -1.90. The predicted octanol–water partition coefficient (Wildman–Crippen LogP) is 1.29. The molecule has 1 unspecified atom stereocenters. The summed E-state index contributed by atoms with van der Waals surface area (Å²) in [6, 6.07) is 7.26. The van der Waals surface area contributed by atoms with Gasteiger partial charge in [0, 0.05) is 30.7 Å². The Kier molecular flexibility index (Phi) is 5.83. The Morgan fingerprint density at radius 1 is 1.03 bits per heavy atom. The van der Waals surface area contributed by atoms with Crippen LogP contribution in [-0.2, 0) is 35.8 Å². The number of hydrogen-bond donors (Lipinski definition) is 2. The summed E-state index contributed by atoms with van der Waals surface area (Å²) in [5.41, 5.74) is 0.104. The van der Waals surface area contributed by atoms with E-state index in [1.165, 1.54) is 18.2 Å². The summed E-state index contributed by atoms with van der Waals surface area (Å²) >= 11 is 0. The third-order valence-electron chi connectivity index (χ3n) is 5.56. The lowest BCUT2D eigenvalue weighted by molar-refractivity contribution is -0.438. The van der Waals surface area contributed by atoms with Crippen molar-refractivity contribution in [3.63, 3.8) is 0 Å². The molecule has 3 rings (SSSR count). The van der Waals surface area contributed by atoms with Crippen LogP contribution in [0.5, 0.6) is 0 Å². The van der Waals surface area contributed by atoms with Crippen molar-refractivity contribution in [3.8, 4) is 0 Å². The van der Waals surface area contributed by atoms with Gasteiger partial charge in [0.05, 0.1) is 26.2 Å². The molecule has 2 aromatic rings. The van der Waals surface area contributed by atoms with E-state index in [-0.39, 0.29) is 17.9 Å². The highest BCUT2D eigenvalue weighted by atomic mass is 32.2. The summed E-state index contributed by atoms with van der Waals surface area (Å²) < 4.78 is 101. The van der Waals surface area contributed by atoms with Crippen LogP contribution in [0, 0.1) is 0 Å². The molecule has 2 N–H and O–H groups in total. The summed E-state index contributed by atoms with van der Waals surface area (Å²) in [4.78, 5) is -0.379. The van der Waals surface area contributed by atoms with E-state index in [4.69, 9.17) is 0 Å². The van der Waals surface area contributed by atoms with Crippen LogP contribution in [0.3, 0.4) is 0 Å². The third-order valence-corrected chi connectivity index (χ3v) is 8.14. The topological polar surface area (TPSA) is 169 Å². The molecule has 10 nitrogen and oxygen atoms in total. The van der Waals surface area contributed by atoms with E-state index < -0.39 is 47.3 Å². The summed E-state index contributed by atoms with van der Waals surface area (Å²) in [5, 5.41) is 0.932. The van der Waals surface area contributed by atoms with Gasteiger partial charge in [-0.1, -0.05) is 6.07 Å². The molecule has 13 heteroatoms. The van der Waals surface area contributed by atoms with Crippen molar-refractivity contribution < 1.29 is 43.5 Å². The standard InChI is InChI=1S/C18H21NO9S3/c1-12-18(2,11-30(23,24)25)17-15-10-14(31(26,27)28)6-4-13(15)5-7-16(17)19(12)8-3-9-29(20,21)22/h4-7,10H,3,8-9,11H2,1-2H3,(H2-,20,21,22,23,24,25,26,27,28). The van der Waals surface area contributed by atoms with Gasteiger partial charge in [0.2, 0.25) is 5.69 Å². The molecule has 0 saturated heterocycles. The monoisotopic (exact) mass is 491 g/mol. The molecule has 0 spiro atoms. The second-order valence-corrected chi connectivity index (χ2v) is 12.1. The number of nitrogens with zero attached hydrogens (tertiary/aromatic N) is 1. The van der Waals surface area contributed by atoms with Crippen molar-refractivity contribution in [1.82, 2.24) is 0 Å². The van der Waals surface area contributed by atoms with Crippen molar-refractivity contribution >= 4 is 52.5 Å². The minimum Gasteiger partial charge on any atom is -0.748 e. The summed E-state index contributed by atoms with van der Waals surface area (Å²) in [7, 11) is -13.4. The number of benzene rings is 2. The molecule has 1 atom stereocenters. The van der Waals surface area contributed by atoms with E-state index in [1.54, 1.807) is 30.6 Å². The molecule has 0 bridgehead atoms. The Bertz CT molecular complexity index is 1430. The molecule has 0 aromatic heterocycles. The second kappa shape index (κ2) is 7.60. The summed E-state index contributed by atoms with van der Waals surface area (Å²) in [5.74, 6) is -1.31. The highest BCUT2D eigenvalue weighted by Crippen LogP contribution is 2.45. The molecule has 170 valence electrons. The largest absolute Gasteiger partial charge is 0.748 e. The van der Waals surface area contributed by atoms with E-state index >= 15 is 0 Å². The zero-order valence-corrected chi connectivity index (χ0v) is 19.1. The first kappa shape index (κ1) is 23.8. The molecule has 1 aliphatic heterocycles. The van der Waals surface area contributed by atoms with Gasteiger partial charge in [-0.2, -0.15) is 21.4 Å². The van der Waals surface area contributed by atoms with E-state index in [0.717, 1.165) is 0 Å². The molecule has 0 amide bonds. The van der Waals surface area contributed by atoms with Crippen LogP contribution in [-0.4, -0.2) is 67.2 Å². The molecule has 0 saturated carbocycles. The number of rotatable bonds is 7. The average Bonchev–Trinajstić information content (AvgIpc) is 2.79. The van der Waals surface area contributed by atoms with Gasteiger partial charge in [0.25, 0.3) is 20.2 Å². The van der Waals surface area contributed by atoms with Crippen LogP contribution >= 0.6 is 0 Å². The van der Waals surface area contributed by atoms with E-state index in [0.29, 0.717) is 27.7 Å². The zero-order valence-electron chi connectivity index (χ0n) is 16.6. The molecular formula is C18H21NO9S3. The lowest BCUT2D eigenvalue weighted by Crippen LogP contribution is -2.38. The lowest BCUT2D eigenvalue weighted by atomic mass is 9.79. The highest BCUT2D eigenvalue weighted by Gasteiger charge is 2.50. The van der Waals surface area contributed by atoms with Crippen molar-refractivity contribution in [2.75, 3.05) is 18.1 Å². The van der Waals surface area contributed by atoms with Crippen LogP contribution in [0.1, 0.15) is 25.8 Å². The van der Waals surface area contributed by atoms with Gasteiger partial charge in [0.15, 0.2) is 5.71 Å². The minimum absolute atomic E-state index is 0.0202. The van der Waals surface area contributed by atoms with Crippen LogP contribution in [0.15, 0.2) is 35.2 Å². The van der Waals surface area contributed by atoms with Gasteiger partial charge < -0.3 is 4.55 Å². The minimum atomic E-state index is -4.53. The van der Waals surface area contributed by atoms with Crippen molar-refractivity contribution in [2.24, 2.45) is 0 Å². The second-order valence-electron chi connectivity index (χ2n) is 7.73. The van der Waals surface area contributed by atoms with Crippen LogP contribution in [0.25, 0.3) is 10.8 Å². The zero-order chi connectivity index (χ0) is 23.4. The quantitative estimate of drug-likeness (QED) is 0.428. The fourth-order valence-electron chi connectivity index (χ4n) is 4.14. The fraction of sp³-hybridized carbons (Fsp3) is 0.389.